The monoisotopic (exact) mass is 87.0 g/mol. The van der Waals surface area contributed by atoms with Gasteiger partial charge in [-0.15, -0.1) is 0 Å². The van der Waals surface area contributed by atoms with E-state index in [4.69, 9.17) is 5.26 Å². The van der Waals surface area contributed by atoms with Crippen molar-refractivity contribution in [3.8, 4) is 0 Å². The average Bonchev–Trinajstić information content (AvgIpc) is 1.61. The Hall–Kier alpha value is -0.340. The Bertz CT molecular complexity index is 40.8. The fraction of sp³-hybridized carbons (Fsp3) is 0.500. The average molecular weight is 87.1 g/mol. The zero-order chi connectivity index (χ0) is 4.83. The summed E-state index contributed by atoms with van der Waals surface area (Å²) in [6.07, 6.45) is 3.41. The molecule has 0 aromatic carbocycles. The first-order valence-corrected chi connectivity index (χ1v) is 1.77. The lowest BCUT2D eigenvalue weighted by Gasteiger charge is -1.75. The molecule has 0 rings (SSSR count). The number of allylic oxidation sites excluding steroid dienone is 1. The summed E-state index contributed by atoms with van der Waals surface area (Å²) in [5.74, 6) is 0. The van der Waals surface area contributed by atoms with Crippen LogP contribution in [0.5, 0.6) is 0 Å². The summed E-state index contributed by atoms with van der Waals surface area (Å²) >= 11 is 0. The summed E-state index contributed by atoms with van der Waals surface area (Å²) in [7, 11) is 0. The second-order valence-electron chi connectivity index (χ2n) is 0.854. The maximum absolute atomic E-state index is 9.14. The van der Waals surface area contributed by atoms with Gasteiger partial charge in [-0.05, 0) is 12.2 Å². The molecule has 2 heteroatoms. The Kier molecular flexibility index (Phi) is 4.40. The van der Waals surface area contributed by atoms with Crippen molar-refractivity contribution in [3.05, 3.63) is 12.2 Å². The first-order chi connectivity index (χ1) is 2.91. The zero-order valence-corrected chi connectivity index (χ0v) is 3.68. The molecule has 0 bridgehead atoms. The Morgan fingerprint density at radius 2 is 2.50 bits per heavy atom. The summed E-state index contributed by atoms with van der Waals surface area (Å²) in [6.45, 7) is 2.01. The van der Waals surface area contributed by atoms with Crippen LogP contribution in [0.2, 0.25) is 0 Å². The quantitative estimate of drug-likeness (QED) is 0.280. The van der Waals surface area contributed by atoms with Gasteiger partial charge >= 0.3 is 0 Å². The van der Waals surface area contributed by atoms with Crippen molar-refractivity contribution in [3.63, 3.8) is 0 Å². The molecule has 0 aromatic rings. The van der Waals surface area contributed by atoms with Crippen LogP contribution in [-0.2, 0) is 10.1 Å². The van der Waals surface area contributed by atoms with Crippen LogP contribution < -0.4 is 0 Å². The van der Waals surface area contributed by atoms with Crippen molar-refractivity contribution in [2.24, 2.45) is 0 Å². The van der Waals surface area contributed by atoms with Gasteiger partial charge in [-0.1, -0.05) is 12.2 Å². The molecule has 0 amide bonds. The summed E-state index contributed by atoms with van der Waals surface area (Å²) < 4.78 is 0. The largest absolute Gasteiger partial charge is 0.200 e. The van der Waals surface area contributed by atoms with Crippen molar-refractivity contribution in [2.75, 3.05) is 6.61 Å². The van der Waals surface area contributed by atoms with E-state index in [1.54, 1.807) is 12.2 Å². The Labute approximate surface area is 37.0 Å². The lowest BCUT2D eigenvalue weighted by Crippen LogP contribution is -1.76. The molecule has 0 fully saturated rings. The van der Waals surface area contributed by atoms with Gasteiger partial charge in [-0.3, -0.25) is 0 Å². The van der Waals surface area contributed by atoms with Gasteiger partial charge in [0, 0.05) is 0 Å². The molecule has 0 aliphatic heterocycles. The molecule has 0 spiro atoms. The summed E-state index contributed by atoms with van der Waals surface area (Å²) in [4.78, 5) is 3.45. The van der Waals surface area contributed by atoms with Crippen molar-refractivity contribution in [1.82, 2.24) is 0 Å². The lowest BCUT2D eigenvalue weighted by molar-refractivity contribution is -0.294. The van der Waals surface area contributed by atoms with Crippen LogP contribution in [0.25, 0.3) is 0 Å². The van der Waals surface area contributed by atoms with Gasteiger partial charge in [0.2, 0.25) is 0 Å². The van der Waals surface area contributed by atoms with E-state index in [9.17, 15) is 0 Å². The predicted octanol–water partition coefficient (Wildman–Crippen LogP) is 0.925. The Morgan fingerprint density at radius 1 is 1.83 bits per heavy atom. The predicted molar refractivity (Wildman–Crippen MR) is 21.5 cm³/mol. The number of hydrogen-bond acceptors (Lipinski definition) is 1. The number of hydrogen-bond donors (Lipinski definition) is 0. The first-order valence-electron chi connectivity index (χ1n) is 1.77. The molecule has 6 heavy (non-hydrogen) atoms. The molecule has 1 radical (unpaired) electrons. The maximum atomic E-state index is 9.14. The van der Waals surface area contributed by atoms with Crippen LogP contribution in [-0.4, -0.2) is 6.61 Å². The highest BCUT2D eigenvalue weighted by Gasteiger charge is 1.66. The summed E-state index contributed by atoms with van der Waals surface area (Å²) in [6, 6.07) is 0. The molecule has 0 unspecified atom stereocenters. The van der Waals surface area contributed by atoms with Gasteiger partial charge < -0.3 is 0 Å². The van der Waals surface area contributed by atoms with Gasteiger partial charge in [0.1, 0.15) is 6.61 Å². The standard InChI is InChI=1S/C4H7O2/c1-2-3-4-6-5/h2-3H,4H2,1H3. The third kappa shape index (κ3) is 3.66. The van der Waals surface area contributed by atoms with Crippen molar-refractivity contribution < 1.29 is 10.1 Å². The molecule has 0 saturated heterocycles. The van der Waals surface area contributed by atoms with E-state index in [-0.39, 0.29) is 6.61 Å². The third-order valence-corrected chi connectivity index (χ3v) is 0.400. The fourth-order valence-corrected chi connectivity index (χ4v) is 0.136. The van der Waals surface area contributed by atoms with Gasteiger partial charge in [0.15, 0.2) is 0 Å². The van der Waals surface area contributed by atoms with Crippen molar-refractivity contribution in [2.45, 2.75) is 6.92 Å². The first kappa shape index (κ1) is 5.66. The van der Waals surface area contributed by atoms with Gasteiger partial charge in [0.05, 0.1) is 0 Å². The third-order valence-electron chi connectivity index (χ3n) is 0.400. The molecule has 0 atom stereocenters. The molecule has 0 aromatic heterocycles. The zero-order valence-electron chi connectivity index (χ0n) is 3.68. The highest BCUT2D eigenvalue weighted by molar-refractivity contribution is 4.74. The second-order valence-corrected chi connectivity index (χ2v) is 0.854. The fourth-order valence-electron chi connectivity index (χ4n) is 0.136. The van der Waals surface area contributed by atoms with Gasteiger partial charge in [-0.2, -0.15) is 4.89 Å². The van der Waals surface area contributed by atoms with Crippen molar-refractivity contribution >= 4 is 0 Å². The molecule has 0 heterocycles. The summed E-state index contributed by atoms with van der Waals surface area (Å²) in [5, 5.41) is 9.14. The Balaban J connectivity index is 2.66. The Morgan fingerprint density at radius 3 is 2.67 bits per heavy atom. The smallest absolute Gasteiger partial charge is 0.104 e. The van der Waals surface area contributed by atoms with E-state index >= 15 is 0 Å². The highest BCUT2D eigenvalue weighted by Crippen LogP contribution is 1.68. The van der Waals surface area contributed by atoms with Crippen LogP contribution in [0.15, 0.2) is 12.2 Å². The normalized spacial score (nSPS) is 10.3. The molecular formula is C4H7O2. The minimum atomic E-state index is 0.177. The second kappa shape index (κ2) is 4.66. The van der Waals surface area contributed by atoms with E-state index < -0.39 is 0 Å². The molecule has 2 nitrogen and oxygen atoms in total. The van der Waals surface area contributed by atoms with Crippen LogP contribution >= 0.6 is 0 Å². The van der Waals surface area contributed by atoms with E-state index in [0.717, 1.165) is 0 Å². The minimum absolute atomic E-state index is 0.177. The number of rotatable bonds is 2. The van der Waals surface area contributed by atoms with Crippen LogP contribution in [0.4, 0.5) is 0 Å². The van der Waals surface area contributed by atoms with E-state index in [1.807, 2.05) is 6.92 Å². The van der Waals surface area contributed by atoms with Gasteiger partial charge in [-0.25, -0.2) is 0 Å². The summed E-state index contributed by atoms with van der Waals surface area (Å²) in [5.41, 5.74) is 0. The lowest BCUT2D eigenvalue weighted by atomic mass is 10.6. The van der Waals surface area contributed by atoms with E-state index in [2.05, 4.69) is 4.89 Å². The van der Waals surface area contributed by atoms with Crippen LogP contribution in [0.3, 0.4) is 0 Å². The topological polar surface area (TPSA) is 29.1 Å². The van der Waals surface area contributed by atoms with Gasteiger partial charge in [0.25, 0.3) is 0 Å². The highest BCUT2D eigenvalue weighted by atomic mass is 17.1. The molecule has 35 valence electrons. The van der Waals surface area contributed by atoms with E-state index in [0.29, 0.717) is 0 Å². The van der Waals surface area contributed by atoms with Crippen LogP contribution in [0, 0.1) is 0 Å². The SMILES string of the molecule is CC=CCO[O]. The minimum Gasteiger partial charge on any atom is -0.200 e. The van der Waals surface area contributed by atoms with E-state index in [1.165, 1.54) is 0 Å². The maximum Gasteiger partial charge on any atom is 0.104 e. The van der Waals surface area contributed by atoms with Crippen molar-refractivity contribution in [1.29, 1.82) is 0 Å². The molecule has 0 aliphatic carbocycles. The molecular weight excluding hydrogens is 80.0 g/mol. The molecule has 0 N–H and O–H groups in total. The van der Waals surface area contributed by atoms with Crippen LogP contribution in [0.1, 0.15) is 6.92 Å². The molecule has 0 aliphatic rings. The molecule has 0 saturated carbocycles.